The number of rotatable bonds is 5. The fourth-order valence-corrected chi connectivity index (χ4v) is 3.41. The van der Waals surface area contributed by atoms with E-state index in [1.54, 1.807) is 7.11 Å². The normalized spacial score (nSPS) is 18.6. The Morgan fingerprint density at radius 3 is 2.54 bits per heavy atom. The average Bonchev–Trinajstić information content (AvgIpc) is 3.09. The molecule has 1 aliphatic heterocycles. The van der Waals surface area contributed by atoms with Crippen molar-refractivity contribution in [1.82, 2.24) is 19.9 Å². The minimum absolute atomic E-state index is 0.282. The molecule has 26 heavy (non-hydrogen) atoms. The van der Waals surface area contributed by atoms with Crippen LogP contribution in [0.15, 0.2) is 28.8 Å². The van der Waals surface area contributed by atoms with Crippen molar-refractivity contribution in [3.63, 3.8) is 0 Å². The first-order valence-electron chi connectivity index (χ1n) is 9.21. The lowest BCUT2D eigenvalue weighted by atomic mass is 9.84. The summed E-state index contributed by atoms with van der Waals surface area (Å²) in [5.41, 5.74) is 0.900. The van der Waals surface area contributed by atoms with Gasteiger partial charge in [0.05, 0.1) is 13.7 Å². The van der Waals surface area contributed by atoms with Crippen LogP contribution in [0.3, 0.4) is 0 Å². The molecule has 1 aliphatic carbocycles. The quantitative estimate of drug-likeness (QED) is 0.818. The Morgan fingerprint density at radius 1 is 1.19 bits per heavy atom. The highest BCUT2D eigenvalue weighted by molar-refractivity contribution is 5.79. The third kappa shape index (κ3) is 3.58. The molecule has 4 rings (SSSR count). The van der Waals surface area contributed by atoms with Crippen LogP contribution in [-0.4, -0.2) is 59.1 Å². The summed E-state index contributed by atoms with van der Waals surface area (Å²) in [6, 6.07) is 7.59. The van der Waals surface area contributed by atoms with Crippen LogP contribution in [0.4, 0.5) is 0 Å². The van der Waals surface area contributed by atoms with Crippen LogP contribution < -0.4 is 4.74 Å². The SMILES string of the molecule is COc1ccc(-c2noc(CN3CCN(C(=O)C4CCC4)CC3)n2)cc1. The van der Waals surface area contributed by atoms with Gasteiger partial charge in [-0.3, -0.25) is 9.69 Å². The van der Waals surface area contributed by atoms with Crippen LogP contribution in [-0.2, 0) is 11.3 Å². The molecule has 2 aromatic rings. The molecule has 0 bridgehead atoms. The van der Waals surface area contributed by atoms with Gasteiger partial charge in [0.25, 0.3) is 0 Å². The van der Waals surface area contributed by atoms with Gasteiger partial charge in [0.15, 0.2) is 0 Å². The summed E-state index contributed by atoms with van der Waals surface area (Å²) < 4.78 is 10.6. The summed E-state index contributed by atoms with van der Waals surface area (Å²) >= 11 is 0. The van der Waals surface area contributed by atoms with Crippen LogP contribution in [0.2, 0.25) is 0 Å². The molecule has 1 amide bonds. The van der Waals surface area contributed by atoms with Crippen LogP contribution in [0.25, 0.3) is 11.4 Å². The Hall–Kier alpha value is -2.41. The number of carbonyl (C=O) groups is 1. The molecule has 0 N–H and O–H groups in total. The van der Waals surface area contributed by atoms with Gasteiger partial charge in [0, 0.05) is 37.7 Å². The number of ether oxygens (including phenoxy) is 1. The first kappa shape index (κ1) is 17.0. The van der Waals surface area contributed by atoms with Crippen molar-refractivity contribution in [3.8, 4) is 17.1 Å². The minimum atomic E-state index is 0.282. The Balaban J connectivity index is 1.31. The second kappa shape index (κ2) is 7.45. The second-order valence-electron chi connectivity index (χ2n) is 6.97. The molecule has 1 aromatic heterocycles. The van der Waals surface area contributed by atoms with E-state index in [1.165, 1.54) is 6.42 Å². The molecule has 1 saturated heterocycles. The van der Waals surface area contributed by atoms with E-state index in [0.717, 1.165) is 50.3 Å². The van der Waals surface area contributed by atoms with Crippen molar-refractivity contribution < 1.29 is 14.1 Å². The highest BCUT2D eigenvalue weighted by atomic mass is 16.5. The van der Waals surface area contributed by atoms with Crippen LogP contribution in [0.5, 0.6) is 5.75 Å². The van der Waals surface area contributed by atoms with Crippen LogP contribution in [0, 0.1) is 5.92 Å². The molecule has 1 aromatic carbocycles. The third-order valence-electron chi connectivity index (χ3n) is 5.31. The number of methoxy groups -OCH3 is 1. The number of benzene rings is 1. The molecular formula is C19H24N4O3. The lowest BCUT2D eigenvalue weighted by Crippen LogP contribution is -2.50. The molecule has 7 heteroatoms. The number of carbonyl (C=O) groups excluding carboxylic acids is 1. The fraction of sp³-hybridized carbons (Fsp3) is 0.526. The van der Waals surface area contributed by atoms with Gasteiger partial charge in [-0.1, -0.05) is 11.6 Å². The van der Waals surface area contributed by atoms with Gasteiger partial charge < -0.3 is 14.2 Å². The molecule has 0 atom stereocenters. The zero-order valence-corrected chi connectivity index (χ0v) is 15.1. The number of aromatic nitrogens is 2. The largest absolute Gasteiger partial charge is 0.497 e. The summed E-state index contributed by atoms with van der Waals surface area (Å²) in [7, 11) is 1.64. The lowest BCUT2D eigenvalue weighted by molar-refractivity contribution is -0.140. The van der Waals surface area contributed by atoms with Crippen LogP contribution in [0.1, 0.15) is 25.2 Å². The molecule has 2 fully saturated rings. The Bertz CT molecular complexity index is 746. The summed E-state index contributed by atoms with van der Waals surface area (Å²) in [5.74, 6) is 2.61. The molecule has 2 heterocycles. The monoisotopic (exact) mass is 356 g/mol. The summed E-state index contributed by atoms with van der Waals surface area (Å²) in [5, 5.41) is 4.07. The number of amides is 1. The number of nitrogens with zero attached hydrogens (tertiary/aromatic N) is 4. The predicted octanol–water partition coefficient (Wildman–Crippen LogP) is 2.19. The maximum absolute atomic E-state index is 12.3. The van der Waals surface area contributed by atoms with E-state index in [4.69, 9.17) is 9.26 Å². The molecule has 0 unspecified atom stereocenters. The Labute approximate surface area is 152 Å². The molecule has 0 radical (unpaired) electrons. The highest BCUT2D eigenvalue weighted by Gasteiger charge is 2.31. The van der Waals surface area contributed by atoms with E-state index in [9.17, 15) is 4.79 Å². The topological polar surface area (TPSA) is 71.7 Å². The standard InChI is InChI=1S/C19H24N4O3/c1-25-16-7-5-14(6-8-16)18-20-17(26-21-18)13-22-9-11-23(12-10-22)19(24)15-3-2-4-15/h5-8,15H,2-4,9-13H2,1H3. The van der Waals surface area contributed by atoms with Gasteiger partial charge in [-0.15, -0.1) is 0 Å². The number of hydrogen-bond donors (Lipinski definition) is 0. The van der Waals surface area contributed by atoms with E-state index in [2.05, 4.69) is 15.0 Å². The molecule has 7 nitrogen and oxygen atoms in total. The molecule has 2 aliphatic rings. The minimum Gasteiger partial charge on any atom is -0.497 e. The fourth-order valence-electron chi connectivity index (χ4n) is 3.41. The van der Waals surface area contributed by atoms with Crippen molar-refractivity contribution in [2.45, 2.75) is 25.8 Å². The van der Waals surface area contributed by atoms with E-state index >= 15 is 0 Å². The zero-order valence-electron chi connectivity index (χ0n) is 15.1. The molecule has 1 saturated carbocycles. The van der Waals surface area contributed by atoms with Gasteiger partial charge in [-0.2, -0.15) is 4.98 Å². The first-order valence-corrected chi connectivity index (χ1v) is 9.21. The van der Waals surface area contributed by atoms with Crippen molar-refractivity contribution >= 4 is 5.91 Å². The summed E-state index contributed by atoms with van der Waals surface area (Å²) in [4.78, 5) is 21.1. The average molecular weight is 356 g/mol. The van der Waals surface area contributed by atoms with Crippen molar-refractivity contribution in [1.29, 1.82) is 0 Å². The van der Waals surface area contributed by atoms with Gasteiger partial charge in [-0.25, -0.2) is 0 Å². The van der Waals surface area contributed by atoms with Gasteiger partial charge in [-0.05, 0) is 37.1 Å². The smallest absolute Gasteiger partial charge is 0.241 e. The second-order valence-corrected chi connectivity index (χ2v) is 6.97. The zero-order chi connectivity index (χ0) is 17.9. The van der Waals surface area contributed by atoms with E-state index in [-0.39, 0.29) is 5.92 Å². The van der Waals surface area contributed by atoms with E-state index in [0.29, 0.717) is 24.2 Å². The maximum atomic E-state index is 12.3. The highest BCUT2D eigenvalue weighted by Crippen LogP contribution is 2.28. The van der Waals surface area contributed by atoms with Gasteiger partial charge in [0.1, 0.15) is 5.75 Å². The number of hydrogen-bond acceptors (Lipinski definition) is 6. The van der Waals surface area contributed by atoms with Gasteiger partial charge in [0.2, 0.25) is 17.6 Å². The molecule has 0 spiro atoms. The molecule has 138 valence electrons. The van der Waals surface area contributed by atoms with Crippen molar-refractivity contribution in [2.24, 2.45) is 5.92 Å². The first-order chi connectivity index (χ1) is 12.7. The van der Waals surface area contributed by atoms with E-state index < -0.39 is 0 Å². The molecular weight excluding hydrogens is 332 g/mol. The summed E-state index contributed by atoms with van der Waals surface area (Å²) in [6.07, 6.45) is 3.33. The Morgan fingerprint density at radius 2 is 1.92 bits per heavy atom. The van der Waals surface area contributed by atoms with Gasteiger partial charge >= 0.3 is 0 Å². The van der Waals surface area contributed by atoms with E-state index in [1.807, 2.05) is 29.2 Å². The van der Waals surface area contributed by atoms with Crippen molar-refractivity contribution in [3.05, 3.63) is 30.2 Å². The predicted molar refractivity (Wildman–Crippen MR) is 95.5 cm³/mol. The number of piperazine rings is 1. The van der Waals surface area contributed by atoms with Crippen LogP contribution >= 0.6 is 0 Å². The Kier molecular flexibility index (Phi) is 4.88. The maximum Gasteiger partial charge on any atom is 0.241 e. The van der Waals surface area contributed by atoms with Crippen molar-refractivity contribution in [2.75, 3.05) is 33.3 Å². The summed E-state index contributed by atoms with van der Waals surface area (Å²) in [6.45, 7) is 3.88. The third-order valence-corrected chi connectivity index (χ3v) is 5.31. The lowest BCUT2D eigenvalue weighted by Gasteiger charge is -2.37.